The number of rotatable bonds is 6. The molecule has 2 amide bonds. The fourth-order valence-electron chi connectivity index (χ4n) is 3.38. The molecule has 0 unspecified atom stereocenters. The molecule has 0 bridgehead atoms. The maximum absolute atomic E-state index is 13.1. The number of thiazole rings is 1. The third kappa shape index (κ3) is 5.01. The third-order valence-corrected chi connectivity index (χ3v) is 5.68. The molecule has 3 rings (SSSR count). The van der Waals surface area contributed by atoms with Crippen LogP contribution in [0.1, 0.15) is 47.6 Å². The summed E-state index contributed by atoms with van der Waals surface area (Å²) in [5.74, 6) is 0.220. The number of hydrogen-bond donors (Lipinski definition) is 1. The highest BCUT2D eigenvalue weighted by atomic mass is 32.1. The van der Waals surface area contributed by atoms with E-state index in [9.17, 15) is 9.59 Å². The standard InChI is InChI=1S/C20H25N3O4S/c1-26-16-10-6-7-14(11-16)21-20(25)23(15-8-4-3-5-9-15)12-18-22-17(13-28-18)19(24)27-2/h6-7,10-11,13,15H,3-5,8-9,12H2,1-2H3,(H,21,25). The molecule has 0 saturated heterocycles. The van der Waals surface area contributed by atoms with Gasteiger partial charge in [0.1, 0.15) is 10.8 Å². The molecular weight excluding hydrogens is 378 g/mol. The van der Waals surface area contributed by atoms with Crippen LogP contribution in [0.15, 0.2) is 29.6 Å². The van der Waals surface area contributed by atoms with Crippen molar-refractivity contribution in [1.29, 1.82) is 0 Å². The first-order valence-corrected chi connectivity index (χ1v) is 10.2. The van der Waals surface area contributed by atoms with Crippen LogP contribution >= 0.6 is 11.3 Å². The number of urea groups is 1. The Bertz CT molecular complexity index is 817. The van der Waals surface area contributed by atoms with Gasteiger partial charge in [-0.15, -0.1) is 11.3 Å². The van der Waals surface area contributed by atoms with Crippen LogP contribution in [0.3, 0.4) is 0 Å². The Balaban J connectivity index is 1.76. The molecule has 1 heterocycles. The van der Waals surface area contributed by atoms with Gasteiger partial charge in [0.25, 0.3) is 0 Å². The number of esters is 1. The van der Waals surface area contributed by atoms with Crippen molar-refractivity contribution in [3.05, 3.63) is 40.3 Å². The summed E-state index contributed by atoms with van der Waals surface area (Å²) in [6.45, 7) is 0.363. The lowest BCUT2D eigenvalue weighted by molar-refractivity contribution is 0.0594. The van der Waals surface area contributed by atoms with Gasteiger partial charge in [-0.2, -0.15) is 0 Å². The summed E-state index contributed by atoms with van der Waals surface area (Å²) in [5.41, 5.74) is 0.957. The van der Waals surface area contributed by atoms with Gasteiger partial charge in [0.2, 0.25) is 0 Å². The minimum absolute atomic E-state index is 0.157. The Morgan fingerprint density at radius 2 is 2.04 bits per heavy atom. The summed E-state index contributed by atoms with van der Waals surface area (Å²) in [4.78, 5) is 30.9. The van der Waals surface area contributed by atoms with Crippen LogP contribution in [0.5, 0.6) is 5.75 Å². The fraction of sp³-hybridized carbons (Fsp3) is 0.450. The molecule has 7 nitrogen and oxygen atoms in total. The molecule has 0 atom stereocenters. The first-order valence-electron chi connectivity index (χ1n) is 9.35. The second-order valence-corrected chi connectivity index (χ2v) is 7.64. The van der Waals surface area contributed by atoms with Crippen LogP contribution in [0.25, 0.3) is 0 Å². The molecule has 0 spiro atoms. The smallest absolute Gasteiger partial charge is 0.357 e. The molecular formula is C20H25N3O4S. The van der Waals surface area contributed by atoms with E-state index in [4.69, 9.17) is 9.47 Å². The highest BCUT2D eigenvalue weighted by Gasteiger charge is 2.27. The van der Waals surface area contributed by atoms with Crippen molar-refractivity contribution in [3.63, 3.8) is 0 Å². The second kappa shape index (κ2) is 9.54. The number of carbonyl (C=O) groups is 2. The summed E-state index contributed by atoms with van der Waals surface area (Å²) >= 11 is 1.36. The van der Waals surface area contributed by atoms with E-state index in [0.717, 1.165) is 25.7 Å². The molecule has 8 heteroatoms. The van der Waals surface area contributed by atoms with Crippen LogP contribution < -0.4 is 10.1 Å². The lowest BCUT2D eigenvalue weighted by Crippen LogP contribution is -2.43. The molecule has 1 aromatic heterocycles. The molecule has 1 aliphatic rings. The van der Waals surface area contributed by atoms with Crippen molar-refractivity contribution in [2.24, 2.45) is 0 Å². The first-order chi connectivity index (χ1) is 13.6. The highest BCUT2D eigenvalue weighted by molar-refractivity contribution is 7.09. The van der Waals surface area contributed by atoms with E-state index < -0.39 is 5.97 Å². The molecule has 2 aromatic rings. The average Bonchev–Trinajstić information content (AvgIpc) is 3.21. The van der Waals surface area contributed by atoms with Crippen molar-refractivity contribution < 1.29 is 19.1 Å². The minimum Gasteiger partial charge on any atom is -0.497 e. The summed E-state index contributed by atoms with van der Waals surface area (Å²) in [6.07, 6.45) is 5.37. The second-order valence-electron chi connectivity index (χ2n) is 6.70. The Kier molecular flexibility index (Phi) is 6.86. The van der Waals surface area contributed by atoms with Crippen molar-refractivity contribution in [3.8, 4) is 5.75 Å². The largest absolute Gasteiger partial charge is 0.497 e. The van der Waals surface area contributed by atoms with Crippen LogP contribution in [0.4, 0.5) is 10.5 Å². The van der Waals surface area contributed by atoms with Crippen LogP contribution in [0.2, 0.25) is 0 Å². The fourth-order valence-corrected chi connectivity index (χ4v) is 4.14. The number of nitrogens with one attached hydrogen (secondary N) is 1. The number of hydrogen-bond acceptors (Lipinski definition) is 6. The zero-order valence-corrected chi connectivity index (χ0v) is 17.0. The van der Waals surface area contributed by atoms with Gasteiger partial charge in [-0.3, -0.25) is 0 Å². The van der Waals surface area contributed by atoms with Crippen molar-refractivity contribution in [2.45, 2.75) is 44.7 Å². The van der Waals surface area contributed by atoms with Crippen molar-refractivity contribution in [2.75, 3.05) is 19.5 Å². The Labute approximate surface area is 168 Å². The number of amides is 2. The lowest BCUT2D eigenvalue weighted by Gasteiger charge is -2.33. The zero-order valence-electron chi connectivity index (χ0n) is 16.1. The summed E-state index contributed by atoms with van der Waals surface area (Å²) in [7, 11) is 2.92. The van der Waals surface area contributed by atoms with Gasteiger partial charge in [-0.05, 0) is 25.0 Å². The van der Waals surface area contributed by atoms with Crippen molar-refractivity contribution in [1.82, 2.24) is 9.88 Å². The molecule has 150 valence electrons. The molecule has 1 aliphatic carbocycles. The average molecular weight is 404 g/mol. The number of anilines is 1. The number of carbonyl (C=O) groups excluding carboxylic acids is 2. The summed E-state index contributed by atoms with van der Waals surface area (Å²) in [6, 6.07) is 7.27. The molecule has 1 aromatic carbocycles. The van der Waals surface area contributed by atoms with Crippen LogP contribution in [-0.4, -0.2) is 42.1 Å². The van der Waals surface area contributed by atoms with E-state index >= 15 is 0 Å². The van der Waals surface area contributed by atoms with E-state index in [1.807, 2.05) is 23.1 Å². The van der Waals surface area contributed by atoms with Gasteiger partial charge >= 0.3 is 12.0 Å². The van der Waals surface area contributed by atoms with Gasteiger partial charge in [-0.25, -0.2) is 14.6 Å². The summed E-state index contributed by atoms with van der Waals surface area (Å²) in [5, 5.41) is 5.35. The maximum atomic E-state index is 13.1. The normalized spacial score (nSPS) is 14.4. The van der Waals surface area contributed by atoms with Gasteiger partial charge in [-0.1, -0.05) is 25.3 Å². The Morgan fingerprint density at radius 1 is 1.25 bits per heavy atom. The molecule has 1 fully saturated rings. The minimum atomic E-state index is -0.465. The molecule has 0 aliphatic heterocycles. The molecule has 1 saturated carbocycles. The summed E-state index contributed by atoms with van der Waals surface area (Å²) < 4.78 is 9.95. The predicted molar refractivity (Wildman–Crippen MR) is 108 cm³/mol. The van der Waals surface area contributed by atoms with Gasteiger partial charge in [0.05, 0.1) is 20.8 Å². The third-order valence-electron chi connectivity index (χ3n) is 4.85. The number of nitrogens with zero attached hydrogens (tertiary/aromatic N) is 2. The number of aromatic nitrogens is 1. The number of methoxy groups -OCH3 is 2. The first kappa shape index (κ1) is 20.1. The zero-order chi connectivity index (χ0) is 19.9. The van der Waals surface area contributed by atoms with Gasteiger partial charge < -0.3 is 19.7 Å². The Hall–Kier alpha value is -2.61. The van der Waals surface area contributed by atoms with Crippen LogP contribution in [0, 0.1) is 0 Å². The van der Waals surface area contributed by atoms with E-state index in [1.165, 1.54) is 24.9 Å². The molecule has 1 N–H and O–H groups in total. The van der Waals surface area contributed by atoms with Crippen molar-refractivity contribution >= 4 is 29.0 Å². The van der Waals surface area contributed by atoms with Gasteiger partial charge in [0.15, 0.2) is 5.69 Å². The number of benzene rings is 1. The number of ether oxygens (including phenoxy) is 2. The highest BCUT2D eigenvalue weighted by Crippen LogP contribution is 2.26. The monoisotopic (exact) mass is 403 g/mol. The predicted octanol–water partition coefficient (Wildman–Crippen LogP) is 4.31. The van der Waals surface area contributed by atoms with Gasteiger partial charge in [0, 0.05) is 23.2 Å². The topological polar surface area (TPSA) is 80.8 Å². The van der Waals surface area contributed by atoms with Crippen LogP contribution in [-0.2, 0) is 11.3 Å². The van der Waals surface area contributed by atoms with E-state index in [-0.39, 0.29) is 17.8 Å². The van der Waals surface area contributed by atoms with E-state index in [0.29, 0.717) is 23.0 Å². The van der Waals surface area contributed by atoms with E-state index in [1.54, 1.807) is 18.6 Å². The Morgan fingerprint density at radius 3 is 2.75 bits per heavy atom. The lowest BCUT2D eigenvalue weighted by atomic mass is 9.94. The molecule has 0 radical (unpaired) electrons. The molecule has 28 heavy (non-hydrogen) atoms. The SMILES string of the molecule is COC(=O)c1csc(CN(C(=O)Nc2cccc(OC)c2)C2CCCCC2)n1. The maximum Gasteiger partial charge on any atom is 0.357 e. The van der Waals surface area contributed by atoms with E-state index in [2.05, 4.69) is 10.3 Å². The quantitative estimate of drug-likeness (QED) is 0.727.